The Morgan fingerprint density at radius 1 is 1.21 bits per heavy atom. The third-order valence-electron chi connectivity index (χ3n) is 2.33. The number of Topliss-reactive ketones (excluding diaryl/α,β-unsaturated/α-hetero) is 1. The van der Waals surface area contributed by atoms with E-state index in [1.165, 1.54) is 19.3 Å². The summed E-state index contributed by atoms with van der Waals surface area (Å²) in [7, 11) is 0. The van der Waals surface area contributed by atoms with Crippen molar-refractivity contribution in [2.24, 2.45) is 0 Å². The number of unbranched alkanes of at least 4 members (excludes halogenated alkanes) is 1. The Kier molecular flexibility index (Phi) is 8.35. The SMILES string of the molecule is CCCCC(C)SC(C)CCC(C)=O. The lowest BCUT2D eigenvalue weighted by atomic mass is 10.2. The maximum Gasteiger partial charge on any atom is 0.129 e. The monoisotopic (exact) mass is 216 g/mol. The fraction of sp³-hybridized carbons (Fsp3) is 0.917. The van der Waals surface area contributed by atoms with Gasteiger partial charge in [-0.3, -0.25) is 0 Å². The van der Waals surface area contributed by atoms with E-state index in [9.17, 15) is 4.79 Å². The van der Waals surface area contributed by atoms with Crippen molar-refractivity contribution in [3.63, 3.8) is 0 Å². The Morgan fingerprint density at radius 2 is 1.79 bits per heavy atom. The van der Waals surface area contributed by atoms with E-state index in [0.29, 0.717) is 11.0 Å². The Labute approximate surface area is 93.0 Å². The van der Waals surface area contributed by atoms with E-state index >= 15 is 0 Å². The van der Waals surface area contributed by atoms with Crippen molar-refractivity contribution in [3.8, 4) is 0 Å². The van der Waals surface area contributed by atoms with E-state index in [-0.39, 0.29) is 0 Å². The molecule has 0 rings (SSSR count). The van der Waals surface area contributed by atoms with Crippen LogP contribution in [0.15, 0.2) is 0 Å². The lowest BCUT2D eigenvalue weighted by molar-refractivity contribution is -0.117. The second kappa shape index (κ2) is 8.34. The molecular weight excluding hydrogens is 192 g/mol. The van der Waals surface area contributed by atoms with E-state index in [4.69, 9.17) is 0 Å². The van der Waals surface area contributed by atoms with E-state index in [1.807, 2.05) is 11.8 Å². The molecule has 0 amide bonds. The Bertz CT molecular complexity index is 156. The van der Waals surface area contributed by atoms with Crippen molar-refractivity contribution in [2.75, 3.05) is 0 Å². The summed E-state index contributed by atoms with van der Waals surface area (Å²) in [6, 6.07) is 0. The van der Waals surface area contributed by atoms with Crippen LogP contribution in [-0.4, -0.2) is 16.3 Å². The first-order valence-corrected chi connectivity index (χ1v) is 6.65. The van der Waals surface area contributed by atoms with Gasteiger partial charge in [0.05, 0.1) is 0 Å². The van der Waals surface area contributed by atoms with Crippen LogP contribution in [0.4, 0.5) is 0 Å². The average molecular weight is 216 g/mol. The first-order chi connectivity index (χ1) is 6.56. The second-order valence-corrected chi connectivity index (χ2v) is 6.02. The third kappa shape index (κ3) is 8.61. The maximum absolute atomic E-state index is 10.8. The zero-order chi connectivity index (χ0) is 11.0. The molecule has 0 fully saturated rings. The number of carbonyl (C=O) groups excluding carboxylic acids is 1. The van der Waals surface area contributed by atoms with Gasteiger partial charge in [-0.15, -0.1) is 0 Å². The topological polar surface area (TPSA) is 17.1 Å². The highest BCUT2D eigenvalue weighted by Gasteiger charge is 2.09. The standard InChI is InChI=1S/C12H24OS/c1-5-6-7-11(3)14-12(4)9-8-10(2)13/h11-12H,5-9H2,1-4H3. The van der Waals surface area contributed by atoms with Crippen LogP contribution < -0.4 is 0 Å². The van der Waals surface area contributed by atoms with Crippen LogP contribution in [-0.2, 0) is 4.79 Å². The van der Waals surface area contributed by atoms with Crippen molar-refractivity contribution in [1.82, 2.24) is 0 Å². The summed E-state index contributed by atoms with van der Waals surface area (Å²) in [5, 5.41) is 1.38. The van der Waals surface area contributed by atoms with Crippen molar-refractivity contribution >= 4 is 17.5 Å². The zero-order valence-electron chi connectivity index (χ0n) is 10.0. The molecule has 0 aromatic carbocycles. The molecule has 0 saturated carbocycles. The smallest absolute Gasteiger partial charge is 0.129 e. The van der Waals surface area contributed by atoms with Gasteiger partial charge in [-0.1, -0.05) is 33.6 Å². The molecule has 1 nitrogen and oxygen atoms in total. The van der Waals surface area contributed by atoms with Crippen molar-refractivity contribution in [2.45, 2.75) is 70.3 Å². The van der Waals surface area contributed by atoms with E-state index in [0.717, 1.165) is 18.1 Å². The summed E-state index contributed by atoms with van der Waals surface area (Å²) in [6.45, 7) is 8.44. The number of rotatable bonds is 8. The summed E-state index contributed by atoms with van der Waals surface area (Å²) < 4.78 is 0. The molecule has 0 aliphatic carbocycles. The second-order valence-electron chi connectivity index (χ2n) is 4.14. The molecule has 0 spiro atoms. The van der Waals surface area contributed by atoms with Gasteiger partial charge in [0.2, 0.25) is 0 Å². The minimum absolute atomic E-state index is 0.318. The normalized spacial score (nSPS) is 15.1. The predicted molar refractivity (Wildman–Crippen MR) is 66.0 cm³/mol. The molecule has 2 heteroatoms. The molecule has 0 heterocycles. The molecule has 2 atom stereocenters. The molecule has 2 unspecified atom stereocenters. The third-order valence-corrected chi connectivity index (χ3v) is 3.73. The molecule has 0 aromatic rings. The molecule has 0 N–H and O–H groups in total. The number of ketones is 1. The Hall–Kier alpha value is 0.0200. The van der Waals surface area contributed by atoms with E-state index in [1.54, 1.807) is 6.92 Å². The van der Waals surface area contributed by atoms with Gasteiger partial charge in [0.25, 0.3) is 0 Å². The van der Waals surface area contributed by atoms with Gasteiger partial charge in [-0.05, 0) is 19.8 Å². The fourth-order valence-corrected chi connectivity index (χ4v) is 2.78. The lowest BCUT2D eigenvalue weighted by Crippen LogP contribution is -2.06. The van der Waals surface area contributed by atoms with Crippen LogP contribution in [0.2, 0.25) is 0 Å². The lowest BCUT2D eigenvalue weighted by Gasteiger charge is -2.16. The van der Waals surface area contributed by atoms with Crippen molar-refractivity contribution < 1.29 is 4.79 Å². The minimum Gasteiger partial charge on any atom is -0.300 e. The van der Waals surface area contributed by atoms with Crippen LogP contribution in [0.3, 0.4) is 0 Å². The highest BCUT2D eigenvalue weighted by atomic mass is 32.2. The van der Waals surface area contributed by atoms with Crippen LogP contribution in [0.1, 0.15) is 59.8 Å². The van der Waals surface area contributed by atoms with Gasteiger partial charge in [0.1, 0.15) is 5.78 Å². The van der Waals surface area contributed by atoms with Crippen LogP contribution in [0, 0.1) is 0 Å². The van der Waals surface area contributed by atoms with Crippen molar-refractivity contribution in [3.05, 3.63) is 0 Å². The molecule has 0 bridgehead atoms. The van der Waals surface area contributed by atoms with Gasteiger partial charge in [0, 0.05) is 16.9 Å². The fourth-order valence-electron chi connectivity index (χ4n) is 1.43. The van der Waals surface area contributed by atoms with Gasteiger partial charge in [-0.25, -0.2) is 0 Å². The van der Waals surface area contributed by atoms with Crippen LogP contribution >= 0.6 is 11.8 Å². The first kappa shape index (κ1) is 14.0. The minimum atomic E-state index is 0.318. The molecule has 0 radical (unpaired) electrons. The zero-order valence-corrected chi connectivity index (χ0v) is 10.8. The van der Waals surface area contributed by atoms with Gasteiger partial charge < -0.3 is 4.79 Å². The molecule has 0 saturated heterocycles. The molecule has 0 aromatic heterocycles. The summed E-state index contributed by atoms with van der Waals surface area (Å²) in [5.41, 5.74) is 0. The van der Waals surface area contributed by atoms with Gasteiger partial charge >= 0.3 is 0 Å². The summed E-state index contributed by atoms with van der Waals surface area (Å²) in [4.78, 5) is 10.8. The quantitative estimate of drug-likeness (QED) is 0.608. The Balaban J connectivity index is 3.49. The summed E-state index contributed by atoms with van der Waals surface area (Å²) >= 11 is 2.03. The summed E-state index contributed by atoms with van der Waals surface area (Å²) in [5.74, 6) is 0.318. The first-order valence-electron chi connectivity index (χ1n) is 5.71. The van der Waals surface area contributed by atoms with Crippen LogP contribution in [0.5, 0.6) is 0 Å². The molecule has 14 heavy (non-hydrogen) atoms. The number of carbonyl (C=O) groups is 1. The molecule has 0 aliphatic heterocycles. The van der Waals surface area contributed by atoms with E-state index in [2.05, 4.69) is 20.8 Å². The largest absolute Gasteiger partial charge is 0.300 e. The highest BCUT2D eigenvalue weighted by Crippen LogP contribution is 2.24. The Morgan fingerprint density at radius 3 is 2.29 bits per heavy atom. The van der Waals surface area contributed by atoms with Gasteiger partial charge in [-0.2, -0.15) is 11.8 Å². The average Bonchev–Trinajstić information content (AvgIpc) is 2.11. The summed E-state index contributed by atoms with van der Waals surface area (Å²) in [6.07, 6.45) is 5.71. The molecular formula is C12H24OS. The maximum atomic E-state index is 10.8. The number of thioether (sulfide) groups is 1. The van der Waals surface area contributed by atoms with Crippen molar-refractivity contribution in [1.29, 1.82) is 0 Å². The van der Waals surface area contributed by atoms with Crippen LogP contribution in [0.25, 0.3) is 0 Å². The number of hydrogen-bond donors (Lipinski definition) is 0. The van der Waals surface area contributed by atoms with E-state index < -0.39 is 0 Å². The number of hydrogen-bond acceptors (Lipinski definition) is 2. The highest BCUT2D eigenvalue weighted by molar-refractivity contribution is 8.00. The molecule has 84 valence electrons. The molecule has 0 aliphatic rings. The van der Waals surface area contributed by atoms with Gasteiger partial charge in [0.15, 0.2) is 0 Å². The predicted octanol–water partition coefficient (Wildman–Crippen LogP) is 4.06.